The van der Waals surface area contributed by atoms with Crippen LogP contribution in [0.1, 0.15) is 33.6 Å². The van der Waals surface area contributed by atoms with E-state index in [1.165, 1.54) is 25.3 Å². The van der Waals surface area contributed by atoms with Crippen LogP contribution in [0.4, 0.5) is 0 Å². The molecule has 0 aliphatic heterocycles. The van der Waals surface area contributed by atoms with Gasteiger partial charge in [-0.2, -0.15) is 0 Å². The van der Waals surface area contributed by atoms with Gasteiger partial charge in [-0.15, -0.1) is 0 Å². The van der Waals surface area contributed by atoms with Crippen LogP contribution in [0.5, 0.6) is 5.75 Å². The van der Waals surface area contributed by atoms with Crippen LogP contribution in [0, 0.1) is 0 Å². The predicted molar refractivity (Wildman–Crippen MR) is 72.9 cm³/mol. The van der Waals surface area contributed by atoms with E-state index in [0.717, 1.165) is 12.8 Å². The molecule has 0 fully saturated rings. The number of hydrogen-bond acceptors (Lipinski definition) is 5. The summed E-state index contributed by atoms with van der Waals surface area (Å²) in [7, 11) is 2.92. The van der Waals surface area contributed by atoms with Gasteiger partial charge in [0.05, 0.1) is 13.7 Å². The molecule has 0 heterocycles. The van der Waals surface area contributed by atoms with Gasteiger partial charge in [0.25, 0.3) is 0 Å². The summed E-state index contributed by atoms with van der Waals surface area (Å²) in [5.41, 5.74) is 5.76. The highest BCUT2D eigenvalue weighted by Crippen LogP contribution is 2.21. The Hall–Kier alpha value is -2.08. The topological polar surface area (TPSA) is 87.9 Å². The molecule has 6 heteroatoms. The van der Waals surface area contributed by atoms with E-state index in [0.29, 0.717) is 19.0 Å². The van der Waals surface area contributed by atoms with Crippen molar-refractivity contribution < 1.29 is 23.8 Å². The van der Waals surface area contributed by atoms with E-state index in [9.17, 15) is 9.59 Å². The van der Waals surface area contributed by atoms with Crippen LogP contribution in [0.2, 0.25) is 0 Å². The molecule has 6 nitrogen and oxygen atoms in total. The lowest BCUT2D eigenvalue weighted by molar-refractivity contribution is 0.0595. The number of benzene rings is 1. The van der Waals surface area contributed by atoms with Crippen LogP contribution in [0.3, 0.4) is 0 Å². The third kappa shape index (κ3) is 4.55. The summed E-state index contributed by atoms with van der Waals surface area (Å²) in [6.07, 6.45) is 1.62. The SMILES string of the molecule is COCCCCOc1cc(C(N)=O)ccc1C(=O)OC. The first-order valence-electron chi connectivity index (χ1n) is 6.24. The van der Waals surface area contributed by atoms with Crippen molar-refractivity contribution in [2.24, 2.45) is 5.73 Å². The molecule has 0 unspecified atom stereocenters. The number of unbranched alkanes of at least 4 members (excludes halogenated alkanes) is 1. The van der Waals surface area contributed by atoms with Crippen molar-refractivity contribution >= 4 is 11.9 Å². The largest absolute Gasteiger partial charge is 0.493 e. The third-order valence-corrected chi connectivity index (χ3v) is 2.67. The fourth-order valence-corrected chi connectivity index (χ4v) is 1.60. The first-order valence-corrected chi connectivity index (χ1v) is 6.24. The van der Waals surface area contributed by atoms with Crippen LogP contribution < -0.4 is 10.5 Å². The van der Waals surface area contributed by atoms with E-state index in [1.54, 1.807) is 7.11 Å². The Morgan fingerprint density at radius 2 is 1.85 bits per heavy atom. The van der Waals surface area contributed by atoms with E-state index >= 15 is 0 Å². The third-order valence-electron chi connectivity index (χ3n) is 2.67. The molecular weight excluding hydrogens is 262 g/mol. The second-order valence-electron chi connectivity index (χ2n) is 4.12. The van der Waals surface area contributed by atoms with Crippen molar-refractivity contribution in [2.45, 2.75) is 12.8 Å². The molecule has 0 saturated heterocycles. The van der Waals surface area contributed by atoms with Crippen molar-refractivity contribution in [1.29, 1.82) is 0 Å². The molecule has 20 heavy (non-hydrogen) atoms. The number of amides is 1. The maximum Gasteiger partial charge on any atom is 0.341 e. The lowest BCUT2D eigenvalue weighted by atomic mass is 10.1. The van der Waals surface area contributed by atoms with Crippen molar-refractivity contribution in [1.82, 2.24) is 0 Å². The Labute approximate surface area is 117 Å². The maximum atomic E-state index is 11.6. The molecular formula is C14H19NO5. The molecule has 0 saturated carbocycles. The molecule has 0 bridgehead atoms. The minimum absolute atomic E-state index is 0.268. The Morgan fingerprint density at radius 3 is 2.45 bits per heavy atom. The van der Waals surface area contributed by atoms with E-state index < -0.39 is 11.9 Å². The average molecular weight is 281 g/mol. The summed E-state index contributed by atoms with van der Waals surface area (Å²) in [6.45, 7) is 1.06. The molecule has 1 aromatic carbocycles. The van der Waals surface area contributed by atoms with Gasteiger partial charge in [-0.25, -0.2) is 4.79 Å². The lowest BCUT2D eigenvalue weighted by Crippen LogP contribution is -2.13. The highest BCUT2D eigenvalue weighted by Gasteiger charge is 2.15. The van der Waals surface area contributed by atoms with E-state index in [4.69, 9.17) is 15.2 Å². The number of hydrogen-bond donors (Lipinski definition) is 1. The molecule has 1 aromatic rings. The van der Waals surface area contributed by atoms with E-state index in [1.807, 2.05) is 0 Å². The molecule has 0 aromatic heterocycles. The lowest BCUT2D eigenvalue weighted by Gasteiger charge is -2.11. The second kappa shape index (κ2) is 8.16. The monoisotopic (exact) mass is 281 g/mol. The van der Waals surface area contributed by atoms with Crippen LogP contribution in [-0.4, -0.2) is 39.3 Å². The number of esters is 1. The Bertz CT molecular complexity index is 473. The van der Waals surface area contributed by atoms with E-state index in [-0.39, 0.29) is 11.1 Å². The predicted octanol–water partition coefficient (Wildman–Crippen LogP) is 1.38. The molecule has 0 aliphatic rings. The van der Waals surface area contributed by atoms with Gasteiger partial charge in [-0.05, 0) is 31.0 Å². The standard InChI is InChI=1S/C14H19NO5/c1-18-7-3-4-8-20-12-9-10(13(15)16)5-6-11(12)14(17)19-2/h5-6,9H,3-4,7-8H2,1-2H3,(H2,15,16). The number of carbonyl (C=O) groups is 2. The fourth-order valence-electron chi connectivity index (χ4n) is 1.60. The first-order chi connectivity index (χ1) is 9.60. The molecule has 0 aliphatic carbocycles. The fraction of sp³-hybridized carbons (Fsp3) is 0.429. The molecule has 110 valence electrons. The van der Waals surface area contributed by atoms with Crippen molar-refractivity contribution in [3.63, 3.8) is 0 Å². The summed E-state index contributed by atoms with van der Waals surface area (Å²) in [5.74, 6) is -0.802. The van der Waals surface area contributed by atoms with Gasteiger partial charge < -0.3 is 19.9 Å². The summed E-state index contributed by atoms with van der Waals surface area (Å²) >= 11 is 0. The summed E-state index contributed by atoms with van der Waals surface area (Å²) in [5, 5.41) is 0. The van der Waals surface area contributed by atoms with Crippen molar-refractivity contribution in [2.75, 3.05) is 27.4 Å². The van der Waals surface area contributed by atoms with Crippen molar-refractivity contribution in [3.8, 4) is 5.75 Å². The normalized spacial score (nSPS) is 10.1. The minimum Gasteiger partial charge on any atom is -0.493 e. The summed E-state index contributed by atoms with van der Waals surface area (Å²) in [6, 6.07) is 4.38. The zero-order valence-electron chi connectivity index (χ0n) is 11.7. The van der Waals surface area contributed by atoms with Gasteiger partial charge in [0.2, 0.25) is 5.91 Å². The zero-order chi connectivity index (χ0) is 15.0. The zero-order valence-corrected chi connectivity index (χ0v) is 11.7. The minimum atomic E-state index is -0.578. The summed E-state index contributed by atoms with van der Waals surface area (Å²) in [4.78, 5) is 22.8. The highest BCUT2D eigenvalue weighted by molar-refractivity contribution is 5.97. The van der Waals surface area contributed by atoms with Crippen LogP contribution in [0.25, 0.3) is 0 Å². The van der Waals surface area contributed by atoms with E-state index in [2.05, 4.69) is 4.74 Å². The maximum absolute atomic E-state index is 11.6. The van der Waals surface area contributed by atoms with Crippen molar-refractivity contribution in [3.05, 3.63) is 29.3 Å². The van der Waals surface area contributed by atoms with Gasteiger partial charge >= 0.3 is 5.97 Å². The van der Waals surface area contributed by atoms with Gasteiger partial charge in [0, 0.05) is 19.3 Å². The number of methoxy groups -OCH3 is 2. The Kier molecular flexibility index (Phi) is 6.52. The average Bonchev–Trinajstić information content (AvgIpc) is 2.46. The quantitative estimate of drug-likeness (QED) is 0.574. The number of rotatable bonds is 8. The Balaban J connectivity index is 2.80. The van der Waals surface area contributed by atoms with Gasteiger partial charge in [0.1, 0.15) is 11.3 Å². The Morgan fingerprint density at radius 1 is 1.15 bits per heavy atom. The number of carbonyl (C=O) groups excluding carboxylic acids is 2. The van der Waals surface area contributed by atoms with Crippen LogP contribution in [0.15, 0.2) is 18.2 Å². The molecule has 2 N–H and O–H groups in total. The molecule has 0 spiro atoms. The molecule has 1 rings (SSSR count). The van der Waals surface area contributed by atoms with Gasteiger partial charge in [-0.3, -0.25) is 4.79 Å². The molecule has 0 radical (unpaired) electrons. The van der Waals surface area contributed by atoms with Crippen LogP contribution in [-0.2, 0) is 9.47 Å². The summed E-state index contributed by atoms with van der Waals surface area (Å²) < 4.78 is 15.1. The number of nitrogens with two attached hydrogens (primary N) is 1. The first kappa shape index (κ1) is 16.0. The molecule has 1 amide bonds. The smallest absolute Gasteiger partial charge is 0.341 e. The van der Waals surface area contributed by atoms with Gasteiger partial charge in [-0.1, -0.05) is 0 Å². The van der Waals surface area contributed by atoms with Gasteiger partial charge in [0.15, 0.2) is 0 Å². The highest BCUT2D eigenvalue weighted by atomic mass is 16.5. The molecule has 0 atom stereocenters. The number of primary amides is 1. The second-order valence-corrected chi connectivity index (χ2v) is 4.12. The van der Waals surface area contributed by atoms with Crippen LogP contribution >= 0.6 is 0 Å². The number of ether oxygens (including phenoxy) is 3.